The minimum atomic E-state index is -4.52. The molecule has 0 unspecified atom stereocenters. The Morgan fingerprint density at radius 1 is 1.24 bits per heavy atom. The smallest absolute Gasteiger partial charge is 0.431 e. The highest BCUT2D eigenvalue weighted by Gasteiger charge is 2.48. The Kier molecular flexibility index (Phi) is 3.25. The van der Waals surface area contributed by atoms with Gasteiger partial charge in [-0.3, -0.25) is 0 Å². The van der Waals surface area contributed by atoms with Gasteiger partial charge in [-0.1, -0.05) is 0 Å². The molecule has 2 aliphatic heterocycles. The van der Waals surface area contributed by atoms with Crippen LogP contribution in [0.3, 0.4) is 0 Å². The third kappa shape index (κ3) is 2.33. The highest BCUT2D eigenvalue weighted by atomic mass is 19.4. The number of carbonyl (C=O) groups is 1. The van der Waals surface area contributed by atoms with Crippen molar-refractivity contribution in [3.05, 3.63) is 41.9 Å². The first-order valence-corrected chi connectivity index (χ1v) is 7.73. The van der Waals surface area contributed by atoms with Crippen LogP contribution in [-0.4, -0.2) is 38.7 Å². The lowest BCUT2D eigenvalue weighted by molar-refractivity contribution is -0.143. The Labute approximate surface area is 140 Å². The summed E-state index contributed by atoms with van der Waals surface area (Å²) in [5, 5.41) is 9.11. The lowest BCUT2D eigenvalue weighted by atomic mass is 9.87. The molecule has 4 heterocycles. The molecule has 4 rings (SSSR count). The van der Waals surface area contributed by atoms with Crippen LogP contribution in [0.1, 0.15) is 24.2 Å². The molecule has 0 saturated carbocycles. The molecule has 0 aromatic carbocycles. The molecule has 2 aromatic heterocycles. The van der Waals surface area contributed by atoms with E-state index in [0.717, 1.165) is 10.6 Å². The first-order chi connectivity index (χ1) is 11.8. The van der Waals surface area contributed by atoms with Gasteiger partial charge in [-0.05, 0) is 24.3 Å². The number of likely N-dealkylation sites (tertiary alicyclic amines) is 1. The highest BCUT2D eigenvalue weighted by molar-refractivity contribution is 5.65. The van der Waals surface area contributed by atoms with E-state index in [1.54, 1.807) is 6.07 Å². The van der Waals surface area contributed by atoms with Crippen molar-refractivity contribution in [3.63, 3.8) is 0 Å². The zero-order chi connectivity index (χ0) is 17.8. The van der Waals surface area contributed by atoms with E-state index in [2.05, 4.69) is 4.98 Å². The highest BCUT2D eigenvalue weighted by Crippen LogP contribution is 2.47. The summed E-state index contributed by atoms with van der Waals surface area (Å²) in [5.74, 6) is 0.125. The minimum absolute atomic E-state index is 0.125. The second kappa shape index (κ2) is 5.14. The van der Waals surface area contributed by atoms with Gasteiger partial charge in [-0.2, -0.15) is 13.2 Å². The molecular formula is C16H14F3N3O3. The molecule has 0 radical (unpaired) electrons. The maximum Gasteiger partial charge on any atom is 0.431 e. The number of hydrogen-bond acceptors (Lipinski definition) is 3. The van der Waals surface area contributed by atoms with Gasteiger partial charge in [0.1, 0.15) is 11.4 Å². The average molecular weight is 353 g/mol. The predicted octanol–water partition coefficient (Wildman–Crippen LogP) is 3.25. The molecule has 0 aliphatic carbocycles. The molecule has 25 heavy (non-hydrogen) atoms. The average Bonchev–Trinajstić information content (AvgIpc) is 3.02. The zero-order valence-electron chi connectivity index (χ0n) is 13.0. The molecule has 0 bridgehead atoms. The van der Waals surface area contributed by atoms with Crippen LogP contribution >= 0.6 is 0 Å². The molecular weight excluding hydrogens is 339 g/mol. The fraction of sp³-hybridized carbons (Fsp3) is 0.375. The Hall–Kier alpha value is -2.71. The number of amides is 1. The SMILES string of the molecule is O=C(O)N1CCC2(CC1)Oc1ncccc1-n1c(C(F)(F)F)ccc12. The predicted molar refractivity (Wildman–Crippen MR) is 79.7 cm³/mol. The fourth-order valence-corrected chi connectivity index (χ4v) is 3.56. The topological polar surface area (TPSA) is 67.6 Å². The summed E-state index contributed by atoms with van der Waals surface area (Å²) < 4.78 is 47.5. The van der Waals surface area contributed by atoms with Crippen molar-refractivity contribution >= 4 is 6.09 Å². The van der Waals surface area contributed by atoms with Crippen LogP contribution in [-0.2, 0) is 11.8 Å². The Morgan fingerprint density at radius 2 is 1.96 bits per heavy atom. The molecule has 1 saturated heterocycles. The van der Waals surface area contributed by atoms with Gasteiger partial charge in [-0.15, -0.1) is 0 Å². The van der Waals surface area contributed by atoms with E-state index in [9.17, 15) is 18.0 Å². The fourth-order valence-electron chi connectivity index (χ4n) is 3.56. The molecule has 1 amide bonds. The maximum absolute atomic E-state index is 13.5. The first kappa shape index (κ1) is 15.8. The van der Waals surface area contributed by atoms with Gasteiger partial charge >= 0.3 is 12.3 Å². The summed E-state index contributed by atoms with van der Waals surface area (Å²) in [7, 11) is 0. The van der Waals surface area contributed by atoms with Crippen molar-refractivity contribution in [1.29, 1.82) is 0 Å². The molecule has 2 aliphatic rings. The monoisotopic (exact) mass is 353 g/mol. The molecule has 1 spiro atoms. The van der Waals surface area contributed by atoms with Crippen molar-refractivity contribution in [2.75, 3.05) is 13.1 Å². The summed E-state index contributed by atoms with van der Waals surface area (Å²) in [5.41, 5.74) is -1.19. The van der Waals surface area contributed by atoms with Gasteiger partial charge in [0.25, 0.3) is 0 Å². The molecule has 132 valence electrons. The van der Waals surface area contributed by atoms with Gasteiger partial charge in [0.2, 0.25) is 5.88 Å². The minimum Gasteiger partial charge on any atom is -0.465 e. The van der Waals surface area contributed by atoms with Crippen molar-refractivity contribution in [2.24, 2.45) is 0 Å². The lowest BCUT2D eigenvalue weighted by Crippen LogP contribution is -2.50. The number of carboxylic acid groups (broad SMARTS) is 1. The number of ether oxygens (including phenoxy) is 1. The molecule has 0 atom stereocenters. The largest absolute Gasteiger partial charge is 0.465 e. The third-order valence-electron chi connectivity index (χ3n) is 4.76. The standard InChI is InChI=1S/C16H14F3N3O3/c17-16(18,19)12-4-3-11-15(5-8-21(9-6-15)14(23)24)25-13-10(22(11)12)2-1-7-20-13/h1-4,7H,5-6,8-9H2,(H,23,24). The number of nitrogens with zero attached hydrogens (tertiary/aromatic N) is 3. The van der Waals surface area contributed by atoms with E-state index in [1.807, 2.05) is 0 Å². The van der Waals surface area contributed by atoms with Gasteiger partial charge in [0.05, 0.1) is 5.69 Å². The number of halogens is 3. The number of alkyl halides is 3. The lowest BCUT2D eigenvalue weighted by Gasteiger charge is -2.44. The molecule has 9 heteroatoms. The van der Waals surface area contributed by atoms with Crippen molar-refractivity contribution in [2.45, 2.75) is 24.6 Å². The third-order valence-corrected chi connectivity index (χ3v) is 4.76. The normalized spacial score (nSPS) is 18.4. The van der Waals surface area contributed by atoms with Crippen LogP contribution in [0.25, 0.3) is 5.69 Å². The molecule has 6 nitrogen and oxygen atoms in total. The van der Waals surface area contributed by atoms with E-state index in [-0.39, 0.29) is 37.5 Å². The van der Waals surface area contributed by atoms with Crippen LogP contribution in [0, 0.1) is 0 Å². The van der Waals surface area contributed by atoms with Crippen LogP contribution < -0.4 is 4.74 Å². The van der Waals surface area contributed by atoms with Crippen LogP contribution in [0.15, 0.2) is 30.5 Å². The summed E-state index contributed by atoms with van der Waals surface area (Å²) in [6.07, 6.45) is -3.59. The van der Waals surface area contributed by atoms with Crippen molar-refractivity contribution in [1.82, 2.24) is 14.5 Å². The quantitative estimate of drug-likeness (QED) is 0.789. The van der Waals surface area contributed by atoms with Gasteiger partial charge < -0.3 is 19.3 Å². The van der Waals surface area contributed by atoms with E-state index < -0.39 is 23.6 Å². The van der Waals surface area contributed by atoms with Crippen molar-refractivity contribution < 1.29 is 27.8 Å². The number of rotatable bonds is 0. The van der Waals surface area contributed by atoms with Gasteiger partial charge in [-0.25, -0.2) is 9.78 Å². The summed E-state index contributed by atoms with van der Waals surface area (Å²) in [6, 6.07) is 5.53. The van der Waals surface area contributed by atoms with Gasteiger partial charge in [0.15, 0.2) is 5.60 Å². The van der Waals surface area contributed by atoms with Crippen LogP contribution in [0.5, 0.6) is 5.88 Å². The van der Waals surface area contributed by atoms with E-state index in [0.29, 0.717) is 5.69 Å². The second-order valence-electron chi connectivity index (χ2n) is 6.13. The van der Waals surface area contributed by atoms with Crippen LogP contribution in [0.2, 0.25) is 0 Å². The number of piperidine rings is 1. The van der Waals surface area contributed by atoms with E-state index >= 15 is 0 Å². The van der Waals surface area contributed by atoms with E-state index in [4.69, 9.17) is 9.84 Å². The van der Waals surface area contributed by atoms with Crippen LogP contribution in [0.4, 0.5) is 18.0 Å². The number of aromatic nitrogens is 2. The number of fused-ring (bicyclic) bond motifs is 4. The summed E-state index contributed by atoms with van der Waals surface area (Å²) >= 11 is 0. The molecule has 2 aromatic rings. The van der Waals surface area contributed by atoms with Gasteiger partial charge in [0, 0.05) is 32.1 Å². The Morgan fingerprint density at radius 3 is 2.60 bits per heavy atom. The summed E-state index contributed by atoms with van der Waals surface area (Å²) in [6.45, 7) is 0.369. The van der Waals surface area contributed by atoms with Crippen molar-refractivity contribution in [3.8, 4) is 11.6 Å². The summed E-state index contributed by atoms with van der Waals surface area (Å²) in [4.78, 5) is 16.4. The Balaban J connectivity index is 1.85. The molecule has 1 fully saturated rings. The second-order valence-corrected chi connectivity index (χ2v) is 6.13. The maximum atomic E-state index is 13.5. The molecule has 1 N–H and O–H groups in total. The first-order valence-electron chi connectivity index (χ1n) is 7.73. The number of pyridine rings is 1. The van der Waals surface area contributed by atoms with E-state index in [1.165, 1.54) is 23.2 Å². The number of hydrogen-bond donors (Lipinski definition) is 1. The Bertz CT molecular complexity index is 839. The zero-order valence-corrected chi connectivity index (χ0v) is 13.0.